The van der Waals surface area contributed by atoms with Crippen molar-refractivity contribution in [1.29, 1.82) is 0 Å². The molecule has 0 spiro atoms. The van der Waals surface area contributed by atoms with Crippen LogP contribution in [0.1, 0.15) is 10.4 Å². The highest BCUT2D eigenvalue weighted by atomic mass is 35.5. The van der Waals surface area contributed by atoms with Gasteiger partial charge in [-0.3, -0.25) is 0 Å². The van der Waals surface area contributed by atoms with E-state index in [0.29, 0.717) is 0 Å². The highest BCUT2D eigenvalue weighted by molar-refractivity contribution is 6.32. The molecule has 0 atom stereocenters. The van der Waals surface area contributed by atoms with E-state index in [0.717, 1.165) is 6.20 Å². The second kappa shape index (κ2) is 3.86. The zero-order valence-electron chi connectivity index (χ0n) is 7.85. The third kappa shape index (κ3) is 1.61. The number of carbonyl (C=O) groups is 1. The number of aromatic nitrogens is 1. The molecule has 6 heteroatoms. The van der Waals surface area contributed by atoms with E-state index in [-0.39, 0.29) is 27.7 Å². The minimum atomic E-state index is -1.18. The molecule has 1 heterocycles. The number of carboxylic acid groups (broad SMARTS) is 1. The lowest BCUT2D eigenvalue weighted by Crippen LogP contribution is -1.96. The molecule has 1 aromatic heterocycles. The molecule has 0 radical (unpaired) electrons. The molecule has 5 nitrogen and oxygen atoms in total. The number of aromatic hydroxyl groups is 1. The van der Waals surface area contributed by atoms with Crippen molar-refractivity contribution in [2.24, 2.45) is 0 Å². The number of rotatable bonds is 2. The van der Waals surface area contributed by atoms with Gasteiger partial charge in [0.15, 0.2) is 5.76 Å². The number of phenolic OH excluding ortho intramolecular Hbond substituents is 1. The predicted molar refractivity (Wildman–Crippen MR) is 55.6 cm³/mol. The SMILES string of the molecule is O=C(O)c1cnoc1-c1cccc(Cl)c1O. The van der Waals surface area contributed by atoms with E-state index < -0.39 is 5.97 Å². The monoisotopic (exact) mass is 239 g/mol. The lowest BCUT2D eigenvalue weighted by Gasteiger charge is -2.02. The number of hydrogen-bond donors (Lipinski definition) is 2. The molecule has 2 aromatic rings. The second-order valence-electron chi connectivity index (χ2n) is 3.01. The van der Waals surface area contributed by atoms with Crippen molar-refractivity contribution in [3.05, 3.63) is 35.0 Å². The van der Waals surface area contributed by atoms with Crippen LogP contribution in [0.5, 0.6) is 5.75 Å². The first kappa shape index (κ1) is 10.5. The summed E-state index contributed by atoms with van der Waals surface area (Å²) in [5, 5.41) is 22.0. The standard InChI is InChI=1S/C10H6ClNO4/c11-7-3-1-2-5(8(7)13)9-6(10(14)15)4-12-16-9/h1-4,13H,(H,14,15). The van der Waals surface area contributed by atoms with E-state index in [1.807, 2.05) is 0 Å². The molecular formula is C10H6ClNO4. The highest BCUT2D eigenvalue weighted by Crippen LogP contribution is 2.36. The summed E-state index contributed by atoms with van der Waals surface area (Å²) in [6.45, 7) is 0. The zero-order chi connectivity index (χ0) is 11.7. The van der Waals surface area contributed by atoms with Gasteiger partial charge in [-0.1, -0.05) is 22.8 Å². The summed E-state index contributed by atoms with van der Waals surface area (Å²) >= 11 is 5.70. The van der Waals surface area contributed by atoms with E-state index in [2.05, 4.69) is 5.16 Å². The average Bonchev–Trinajstić information content (AvgIpc) is 2.70. The Kier molecular flexibility index (Phi) is 2.54. The summed E-state index contributed by atoms with van der Waals surface area (Å²) in [4.78, 5) is 10.8. The van der Waals surface area contributed by atoms with Gasteiger partial charge < -0.3 is 14.7 Å². The van der Waals surface area contributed by atoms with Crippen molar-refractivity contribution >= 4 is 17.6 Å². The van der Waals surface area contributed by atoms with Gasteiger partial charge in [0.05, 0.1) is 16.8 Å². The maximum Gasteiger partial charge on any atom is 0.341 e. The fourth-order valence-corrected chi connectivity index (χ4v) is 1.46. The number of para-hydroxylation sites is 1. The summed E-state index contributed by atoms with van der Waals surface area (Å²) in [5.41, 5.74) is 0.0694. The Hall–Kier alpha value is -2.01. The quantitative estimate of drug-likeness (QED) is 0.841. The van der Waals surface area contributed by atoms with E-state index in [1.54, 1.807) is 6.07 Å². The summed E-state index contributed by atoms with van der Waals surface area (Å²) in [5.74, 6) is -1.44. The maximum atomic E-state index is 10.8. The first-order valence-corrected chi connectivity index (χ1v) is 4.65. The number of halogens is 1. The van der Waals surface area contributed by atoms with Crippen molar-refractivity contribution in [1.82, 2.24) is 5.16 Å². The van der Waals surface area contributed by atoms with Crippen LogP contribution in [0.25, 0.3) is 11.3 Å². The molecule has 82 valence electrons. The Balaban J connectivity index is 2.63. The molecule has 0 aliphatic carbocycles. The van der Waals surface area contributed by atoms with Crippen LogP contribution in [0, 0.1) is 0 Å². The van der Waals surface area contributed by atoms with Crippen LogP contribution in [0.4, 0.5) is 0 Å². The van der Waals surface area contributed by atoms with E-state index in [4.69, 9.17) is 21.2 Å². The molecule has 0 saturated carbocycles. The number of carboxylic acids is 1. The zero-order valence-corrected chi connectivity index (χ0v) is 8.60. The van der Waals surface area contributed by atoms with Crippen LogP contribution in [0.3, 0.4) is 0 Å². The van der Waals surface area contributed by atoms with Gasteiger partial charge in [0, 0.05) is 0 Å². The Labute approximate surface area is 94.9 Å². The van der Waals surface area contributed by atoms with Gasteiger partial charge in [0.1, 0.15) is 11.3 Å². The predicted octanol–water partition coefficient (Wildman–Crippen LogP) is 2.40. The molecule has 0 fully saturated rings. The third-order valence-electron chi connectivity index (χ3n) is 2.03. The molecule has 0 amide bonds. The van der Waals surface area contributed by atoms with Gasteiger partial charge in [-0.05, 0) is 12.1 Å². The van der Waals surface area contributed by atoms with Crippen molar-refractivity contribution < 1.29 is 19.5 Å². The Morgan fingerprint density at radius 1 is 1.44 bits per heavy atom. The number of nitrogens with zero attached hydrogens (tertiary/aromatic N) is 1. The van der Waals surface area contributed by atoms with Crippen LogP contribution >= 0.6 is 11.6 Å². The van der Waals surface area contributed by atoms with Crippen molar-refractivity contribution in [3.63, 3.8) is 0 Å². The average molecular weight is 240 g/mol. The fourth-order valence-electron chi connectivity index (χ4n) is 1.28. The van der Waals surface area contributed by atoms with Crippen LogP contribution in [-0.2, 0) is 0 Å². The Morgan fingerprint density at radius 3 is 2.88 bits per heavy atom. The van der Waals surface area contributed by atoms with Crippen LogP contribution in [-0.4, -0.2) is 21.3 Å². The molecule has 0 aliphatic heterocycles. The molecule has 0 unspecified atom stereocenters. The topological polar surface area (TPSA) is 83.6 Å². The molecule has 0 bridgehead atoms. The minimum absolute atomic E-state index is 0.0208. The summed E-state index contributed by atoms with van der Waals surface area (Å²) in [7, 11) is 0. The van der Waals surface area contributed by atoms with Gasteiger partial charge in [-0.2, -0.15) is 0 Å². The first-order chi connectivity index (χ1) is 7.61. The van der Waals surface area contributed by atoms with E-state index in [9.17, 15) is 9.90 Å². The van der Waals surface area contributed by atoms with Gasteiger partial charge in [-0.15, -0.1) is 0 Å². The van der Waals surface area contributed by atoms with Gasteiger partial charge in [0.25, 0.3) is 0 Å². The van der Waals surface area contributed by atoms with Gasteiger partial charge in [0.2, 0.25) is 0 Å². The molecular weight excluding hydrogens is 234 g/mol. The number of phenols is 1. The Morgan fingerprint density at radius 2 is 2.19 bits per heavy atom. The van der Waals surface area contributed by atoms with E-state index >= 15 is 0 Å². The van der Waals surface area contributed by atoms with Gasteiger partial charge in [-0.25, -0.2) is 4.79 Å². The molecule has 2 N–H and O–H groups in total. The third-order valence-corrected chi connectivity index (χ3v) is 2.34. The highest BCUT2D eigenvalue weighted by Gasteiger charge is 2.20. The van der Waals surface area contributed by atoms with Crippen molar-refractivity contribution in [2.75, 3.05) is 0 Å². The van der Waals surface area contributed by atoms with Crippen LogP contribution in [0.15, 0.2) is 28.9 Å². The second-order valence-corrected chi connectivity index (χ2v) is 3.42. The molecule has 2 rings (SSSR count). The molecule has 1 aromatic carbocycles. The lowest BCUT2D eigenvalue weighted by atomic mass is 10.1. The van der Waals surface area contributed by atoms with Crippen LogP contribution in [0.2, 0.25) is 5.02 Å². The van der Waals surface area contributed by atoms with Gasteiger partial charge >= 0.3 is 5.97 Å². The number of aromatic carboxylic acids is 1. The minimum Gasteiger partial charge on any atom is -0.506 e. The largest absolute Gasteiger partial charge is 0.506 e. The first-order valence-electron chi connectivity index (χ1n) is 4.27. The molecule has 16 heavy (non-hydrogen) atoms. The lowest BCUT2D eigenvalue weighted by molar-refractivity contribution is 0.0697. The molecule has 0 saturated heterocycles. The number of hydrogen-bond acceptors (Lipinski definition) is 4. The van der Waals surface area contributed by atoms with Crippen LogP contribution < -0.4 is 0 Å². The fraction of sp³-hybridized carbons (Fsp3) is 0. The van der Waals surface area contributed by atoms with E-state index in [1.165, 1.54) is 12.1 Å². The summed E-state index contributed by atoms with van der Waals surface area (Å²) < 4.78 is 4.80. The Bertz CT molecular complexity index is 550. The normalized spacial score (nSPS) is 10.3. The smallest absolute Gasteiger partial charge is 0.341 e. The van der Waals surface area contributed by atoms with Crippen molar-refractivity contribution in [3.8, 4) is 17.1 Å². The molecule has 0 aliphatic rings. The van der Waals surface area contributed by atoms with Crippen molar-refractivity contribution in [2.45, 2.75) is 0 Å². The summed E-state index contributed by atoms with van der Waals surface area (Å²) in [6.07, 6.45) is 1.07. The maximum absolute atomic E-state index is 10.8. The number of benzene rings is 1. The summed E-state index contributed by atoms with van der Waals surface area (Å²) in [6, 6.07) is 4.55.